The molecular weight excluding hydrogens is 258 g/mol. The molecule has 2 rings (SSSR count). The van der Waals surface area contributed by atoms with Crippen LogP contribution < -0.4 is 5.32 Å². The Labute approximate surface area is 130 Å². The number of nitrogens with one attached hydrogen (secondary N) is 1. The highest BCUT2D eigenvalue weighted by molar-refractivity contribution is 5.46. The molecule has 3 nitrogen and oxygen atoms in total. The van der Waals surface area contributed by atoms with Crippen LogP contribution in [0.2, 0.25) is 0 Å². The van der Waals surface area contributed by atoms with Crippen molar-refractivity contribution in [3.8, 4) is 0 Å². The molecule has 0 radical (unpaired) electrons. The first kappa shape index (κ1) is 16.3. The molecule has 1 saturated carbocycles. The van der Waals surface area contributed by atoms with Crippen LogP contribution >= 0.6 is 0 Å². The molecule has 21 heavy (non-hydrogen) atoms. The van der Waals surface area contributed by atoms with Crippen molar-refractivity contribution in [3.05, 3.63) is 17.1 Å². The standard InChI is InChI=1S/C18H31N3/c1-4-13-19-17-14(3)16(5-2)20-18(21-17)15-11-9-7-6-8-10-12-15/h15H,4-13H2,1-3H3,(H,19,20,21). The molecule has 0 saturated heterocycles. The largest absolute Gasteiger partial charge is 0.370 e. The lowest BCUT2D eigenvalue weighted by molar-refractivity contribution is 0.441. The molecule has 1 aromatic rings. The van der Waals surface area contributed by atoms with Gasteiger partial charge in [-0.1, -0.05) is 46.0 Å². The van der Waals surface area contributed by atoms with Gasteiger partial charge in [-0.2, -0.15) is 0 Å². The predicted octanol–water partition coefficient (Wildman–Crippen LogP) is 5.00. The fourth-order valence-corrected chi connectivity index (χ4v) is 3.24. The first-order chi connectivity index (χ1) is 10.3. The number of aryl methyl sites for hydroxylation is 1. The molecule has 1 heterocycles. The Bertz CT molecular complexity index is 434. The third kappa shape index (κ3) is 4.42. The van der Waals surface area contributed by atoms with E-state index >= 15 is 0 Å². The van der Waals surface area contributed by atoms with Gasteiger partial charge < -0.3 is 5.32 Å². The zero-order valence-corrected chi connectivity index (χ0v) is 14.0. The summed E-state index contributed by atoms with van der Waals surface area (Å²) in [6.45, 7) is 7.53. The van der Waals surface area contributed by atoms with Crippen LogP contribution in [-0.2, 0) is 6.42 Å². The van der Waals surface area contributed by atoms with Crippen molar-refractivity contribution in [3.63, 3.8) is 0 Å². The maximum absolute atomic E-state index is 4.90. The number of nitrogens with zero attached hydrogens (tertiary/aromatic N) is 2. The minimum atomic E-state index is 0.568. The van der Waals surface area contributed by atoms with Crippen molar-refractivity contribution in [1.82, 2.24) is 9.97 Å². The molecule has 1 N–H and O–H groups in total. The topological polar surface area (TPSA) is 37.8 Å². The van der Waals surface area contributed by atoms with Gasteiger partial charge in [0.1, 0.15) is 11.6 Å². The van der Waals surface area contributed by atoms with Crippen LogP contribution in [0, 0.1) is 6.92 Å². The van der Waals surface area contributed by atoms with Gasteiger partial charge in [-0.3, -0.25) is 0 Å². The van der Waals surface area contributed by atoms with Crippen molar-refractivity contribution >= 4 is 5.82 Å². The van der Waals surface area contributed by atoms with Crippen LogP contribution in [0.3, 0.4) is 0 Å². The highest BCUT2D eigenvalue weighted by Crippen LogP contribution is 2.30. The number of hydrogen-bond donors (Lipinski definition) is 1. The number of hydrogen-bond acceptors (Lipinski definition) is 3. The molecule has 1 aliphatic carbocycles. The van der Waals surface area contributed by atoms with E-state index in [0.717, 1.165) is 31.0 Å². The highest BCUT2D eigenvalue weighted by atomic mass is 15.0. The van der Waals surface area contributed by atoms with Crippen LogP contribution in [0.4, 0.5) is 5.82 Å². The maximum Gasteiger partial charge on any atom is 0.134 e. The van der Waals surface area contributed by atoms with Gasteiger partial charge in [-0.05, 0) is 32.6 Å². The average Bonchev–Trinajstić information content (AvgIpc) is 2.46. The molecule has 0 atom stereocenters. The van der Waals surface area contributed by atoms with Gasteiger partial charge in [0.05, 0.1) is 0 Å². The van der Waals surface area contributed by atoms with Gasteiger partial charge in [0, 0.05) is 23.7 Å². The second-order valence-electron chi connectivity index (χ2n) is 6.32. The minimum Gasteiger partial charge on any atom is -0.370 e. The molecular formula is C18H31N3. The number of aromatic nitrogens is 2. The summed E-state index contributed by atoms with van der Waals surface area (Å²) in [6.07, 6.45) is 11.5. The van der Waals surface area contributed by atoms with Crippen LogP contribution in [0.15, 0.2) is 0 Å². The van der Waals surface area contributed by atoms with Gasteiger partial charge in [0.25, 0.3) is 0 Å². The number of rotatable bonds is 5. The Morgan fingerprint density at radius 2 is 1.67 bits per heavy atom. The monoisotopic (exact) mass is 289 g/mol. The Balaban J connectivity index is 2.23. The van der Waals surface area contributed by atoms with Gasteiger partial charge >= 0.3 is 0 Å². The summed E-state index contributed by atoms with van der Waals surface area (Å²) in [5.41, 5.74) is 2.46. The number of anilines is 1. The first-order valence-corrected chi connectivity index (χ1v) is 8.87. The molecule has 0 amide bonds. The van der Waals surface area contributed by atoms with E-state index in [1.54, 1.807) is 0 Å². The third-order valence-corrected chi connectivity index (χ3v) is 4.61. The normalized spacial score (nSPS) is 17.3. The summed E-state index contributed by atoms with van der Waals surface area (Å²) >= 11 is 0. The molecule has 1 aromatic heterocycles. The Morgan fingerprint density at radius 1 is 1.00 bits per heavy atom. The van der Waals surface area contributed by atoms with E-state index in [1.165, 1.54) is 56.2 Å². The molecule has 0 aromatic carbocycles. The Morgan fingerprint density at radius 3 is 2.29 bits per heavy atom. The second kappa shape index (κ2) is 8.35. The van der Waals surface area contributed by atoms with Gasteiger partial charge in [-0.25, -0.2) is 9.97 Å². The summed E-state index contributed by atoms with van der Waals surface area (Å²) < 4.78 is 0. The highest BCUT2D eigenvalue weighted by Gasteiger charge is 2.19. The zero-order chi connectivity index (χ0) is 15.1. The van der Waals surface area contributed by atoms with E-state index in [1.807, 2.05) is 0 Å². The minimum absolute atomic E-state index is 0.568. The van der Waals surface area contributed by atoms with Gasteiger partial charge in [0.15, 0.2) is 0 Å². The van der Waals surface area contributed by atoms with Crippen molar-refractivity contribution < 1.29 is 0 Å². The van der Waals surface area contributed by atoms with Crippen molar-refractivity contribution in [1.29, 1.82) is 0 Å². The van der Waals surface area contributed by atoms with Crippen LogP contribution in [0.5, 0.6) is 0 Å². The van der Waals surface area contributed by atoms with Crippen LogP contribution in [-0.4, -0.2) is 16.5 Å². The summed E-state index contributed by atoms with van der Waals surface area (Å²) in [7, 11) is 0. The summed E-state index contributed by atoms with van der Waals surface area (Å²) in [5, 5.41) is 3.49. The summed E-state index contributed by atoms with van der Waals surface area (Å²) in [4.78, 5) is 9.80. The molecule has 0 bridgehead atoms. The predicted molar refractivity (Wildman–Crippen MR) is 90.0 cm³/mol. The van der Waals surface area contributed by atoms with Crippen LogP contribution in [0.1, 0.15) is 88.2 Å². The van der Waals surface area contributed by atoms with E-state index in [9.17, 15) is 0 Å². The van der Waals surface area contributed by atoms with Crippen molar-refractivity contribution in [2.45, 2.75) is 84.5 Å². The lowest BCUT2D eigenvalue weighted by atomic mass is 9.90. The van der Waals surface area contributed by atoms with E-state index in [4.69, 9.17) is 9.97 Å². The second-order valence-corrected chi connectivity index (χ2v) is 6.32. The zero-order valence-electron chi connectivity index (χ0n) is 14.0. The van der Waals surface area contributed by atoms with E-state index in [0.29, 0.717) is 5.92 Å². The fourth-order valence-electron chi connectivity index (χ4n) is 3.24. The fraction of sp³-hybridized carbons (Fsp3) is 0.778. The average molecular weight is 289 g/mol. The maximum atomic E-state index is 4.90. The molecule has 1 aliphatic rings. The lowest BCUT2D eigenvalue weighted by Gasteiger charge is -2.21. The van der Waals surface area contributed by atoms with Crippen molar-refractivity contribution in [2.75, 3.05) is 11.9 Å². The van der Waals surface area contributed by atoms with E-state index in [-0.39, 0.29) is 0 Å². The molecule has 0 aliphatic heterocycles. The Kier molecular flexibility index (Phi) is 6.47. The van der Waals surface area contributed by atoms with E-state index in [2.05, 4.69) is 26.1 Å². The molecule has 1 fully saturated rings. The lowest BCUT2D eigenvalue weighted by Crippen LogP contribution is -2.14. The smallest absolute Gasteiger partial charge is 0.134 e. The van der Waals surface area contributed by atoms with Crippen LogP contribution in [0.25, 0.3) is 0 Å². The summed E-state index contributed by atoms with van der Waals surface area (Å²) in [6, 6.07) is 0. The Hall–Kier alpha value is -1.12. The first-order valence-electron chi connectivity index (χ1n) is 8.87. The summed E-state index contributed by atoms with van der Waals surface area (Å²) in [5.74, 6) is 2.73. The quantitative estimate of drug-likeness (QED) is 0.829. The van der Waals surface area contributed by atoms with E-state index < -0.39 is 0 Å². The third-order valence-electron chi connectivity index (χ3n) is 4.61. The molecule has 3 heteroatoms. The van der Waals surface area contributed by atoms with Gasteiger partial charge in [0.2, 0.25) is 0 Å². The van der Waals surface area contributed by atoms with Gasteiger partial charge in [-0.15, -0.1) is 0 Å². The SMILES string of the molecule is CCCNc1nc(C2CCCCCCC2)nc(CC)c1C. The molecule has 0 unspecified atom stereocenters. The van der Waals surface area contributed by atoms with Crippen molar-refractivity contribution in [2.24, 2.45) is 0 Å². The molecule has 0 spiro atoms. The molecule has 118 valence electrons.